The number of hydrogen-bond acceptors (Lipinski definition) is 6. The van der Waals surface area contributed by atoms with Crippen LogP contribution in [0, 0.1) is 5.41 Å². The van der Waals surface area contributed by atoms with Gasteiger partial charge in [0.2, 0.25) is 0 Å². The van der Waals surface area contributed by atoms with E-state index in [4.69, 9.17) is 10.1 Å². The molecule has 2 heterocycles. The summed E-state index contributed by atoms with van der Waals surface area (Å²) < 4.78 is 5.26. The van der Waals surface area contributed by atoms with Gasteiger partial charge in [0.1, 0.15) is 5.82 Å². The maximum Gasteiger partial charge on any atom is 0.320 e. The highest BCUT2D eigenvalue weighted by molar-refractivity contribution is 5.92. The van der Waals surface area contributed by atoms with E-state index in [-0.39, 0.29) is 12.1 Å². The molecule has 0 saturated carbocycles. The van der Waals surface area contributed by atoms with Crippen LogP contribution in [0.25, 0.3) is 0 Å². The van der Waals surface area contributed by atoms with Crippen molar-refractivity contribution in [3.05, 3.63) is 41.6 Å². The number of carbonyl (C=O) groups excluding carboxylic acids is 1. The van der Waals surface area contributed by atoms with Gasteiger partial charge in [-0.15, -0.1) is 0 Å². The van der Waals surface area contributed by atoms with Crippen LogP contribution in [-0.4, -0.2) is 55.6 Å². The van der Waals surface area contributed by atoms with Crippen molar-refractivity contribution < 1.29 is 9.53 Å². The predicted octanol–water partition coefficient (Wildman–Crippen LogP) is 3.04. The summed E-state index contributed by atoms with van der Waals surface area (Å²) in [6.07, 6.45) is 13.2. The highest BCUT2D eigenvalue weighted by atomic mass is 16.5. The summed E-state index contributed by atoms with van der Waals surface area (Å²) in [7, 11) is 1.62. The zero-order valence-corrected chi connectivity index (χ0v) is 17.7. The van der Waals surface area contributed by atoms with E-state index in [1.807, 2.05) is 6.08 Å². The van der Waals surface area contributed by atoms with Gasteiger partial charge >= 0.3 is 6.03 Å². The summed E-state index contributed by atoms with van der Waals surface area (Å²) in [6, 6.07) is 1.94. The third kappa shape index (κ3) is 6.14. The van der Waals surface area contributed by atoms with Crippen LogP contribution in [0.15, 0.2) is 36.1 Å². The number of nitrogens with one attached hydrogen (secondary N) is 5. The number of anilines is 2. The quantitative estimate of drug-likeness (QED) is 0.422. The number of aromatic nitrogens is 1. The van der Waals surface area contributed by atoms with Gasteiger partial charge in [0, 0.05) is 31.0 Å². The largest absolute Gasteiger partial charge is 0.382 e. The van der Waals surface area contributed by atoms with E-state index in [0.29, 0.717) is 30.1 Å². The molecule has 3 rings (SSSR count). The fourth-order valence-corrected chi connectivity index (χ4v) is 3.85. The first-order valence-corrected chi connectivity index (χ1v) is 10.5. The Morgan fingerprint density at radius 1 is 1.47 bits per heavy atom. The fourth-order valence-electron chi connectivity index (χ4n) is 3.85. The second kappa shape index (κ2) is 10.9. The zero-order valence-electron chi connectivity index (χ0n) is 17.7. The number of carbonyl (C=O) groups is 1. The monoisotopic (exact) mass is 412 g/mol. The number of methoxy groups -OCH3 is 1. The van der Waals surface area contributed by atoms with Gasteiger partial charge in [0.15, 0.2) is 0 Å². The number of allylic oxidation sites excluding steroid dienone is 2. The Morgan fingerprint density at radius 2 is 2.33 bits per heavy atom. The average Bonchev–Trinajstić information content (AvgIpc) is 2.75. The third-order valence-corrected chi connectivity index (χ3v) is 5.38. The molecule has 0 aromatic carbocycles. The second-order valence-electron chi connectivity index (χ2n) is 7.81. The van der Waals surface area contributed by atoms with E-state index in [9.17, 15) is 4.79 Å². The molecule has 1 aromatic rings. The lowest BCUT2D eigenvalue weighted by Crippen LogP contribution is -2.42. The normalized spacial score (nSPS) is 22.0. The molecule has 2 aliphatic rings. The fraction of sp³-hybridized carbons (Fsp3) is 0.500. The van der Waals surface area contributed by atoms with Crippen LogP contribution in [0.3, 0.4) is 0 Å². The number of amides is 2. The predicted molar refractivity (Wildman–Crippen MR) is 121 cm³/mol. The summed E-state index contributed by atoms with van der Waals surface area (Å²) in [5.41, 5.74) is 2.55. The number of rotatable bonds is 8. The van der Waals surface area contributed by atoms with E-state index >= 15 is 0 Å². The molecule has 8 nitrogen and oxygen atoms in total. The molecule has 3 atom stereocenters. The molecular formula is C22H32N6O2. The van der Waals surface area contributed by atoms with Crippen LogP contribution in [0.4, 0.5) is 16.3 Å². The van der Waals surface area contributed by atoms with Crippen molar-refractivity contribution in [3.8, 4) is 0 Å². The van der Waals surface area contributed by atoms with Gasteiger partial charge in [-0.1, -0.05) is 18.2 Å². The highest BCUT2D eigenvalue weighted by Crippen LogP contribution is 2.21. The molecule has 1 aliphatic heterocycles. The first kappa shape index (κ1) is 22.0. The van der Waals surface area contributed by atoms with E-state index in [1.54, 1.807) is 19.4 Å². The van der Waals surface area contributed by atoms with Crippen LogP contribution in [0.2, 0.25) is 0 Å². The van der Waals surface area contributed by atoms with Crippen LogP contribution < -0.4 is 21.3 Å². The smallest absolute Gasteiger partial charge is 0.320 e. The third-order valence-electron chi connectivity index (χ3n) is 5.38. The number of piperidine rings is 1. The molecule has 8 heteroatoms. The van der Waals surface area contributed by atoms with Crippen molar-refractivity contribution in [2.24, 2.45) is 0 Å². The Balaban J connectivity index is 1.62. The minimum atomic E-state index is -0.353. The van der Waals surface area contributed by atoms with Crippen molar-refractivity contribution >= 4 is 23.8 Å². The molecule has 30 heavy (non-hydrogen) atoms. The van der Waals surface area contributed by atoms with Crippen LogP contribution >= 0.6 is 0 Å². The molecule has 1 aliphatic carbocycles. The Labute approximate surface area is 178 Å². The van der Waals surface area contributed by atoms with Gasteiger partial charge in [-0.3, -0.25) is 5.32 Å². The van der Waals surface area contributed by atoms with Gasteiger partial charge in [-0.05, 0) is 50.8 Å². The number of hydrogen-bond donors (Lipinski definition) is 5. The SMILES string of the molecule is COC[C@@H](NC(=O)Nc1cc(C=N)c(NC2CCNC(C)C2)cn1)C1=CCCC=C1. The van der Waals surface area contributed by atoms with Crippen molar-refractivity contribution in [2.45, 2.75) is 50.7 Å². The molecule has 5 N–H and O–H groups in total. The van der Waals surface area contributed by atoms with Crippen molar-refractivity contribution in [2.75, 3.05) is 30.9 Å². The summed E-state index contributed by atoms with van der Waals surface area (Å²) in [6.45, 7) is 3.53. The minimum Gasteiger partial charge on any atom is -0.382 e. The van der Waals surface area contributed by atoms with Gasteiger partial charge in [0.05, 0.1) is 24.5 Å². The molecule has 1 saturated heterocycles. The Hall–Kier alpha value is -2.71. The lowest BCUT2D eigenvalue weighted by atomic mass is 10.00. The van der Waals surface area contributed by atoms with E-state index in [1.165, 1.54) is 6.21 Å². The summed E-state index contributed by atoms with van der Waals surface area (Å²) >= 11 is 0. The van der Waals surface area contributed by atoms with E-state index in [2.05, 4.69) is 45.3 Å². The zero-order chi connectivity index (χ0) is 21.3. The Morgan fingerprint density at radius 3 is 3.03 bits per heavy atom. The molecule has 0 radical (unpaired) electrons. The van der Waals surface area contributed by atoms with Gasteiger partial charge < -0.3 is 26.1 Å². The van der Waals surface area contributed by atoms with E-state index in [0.717, 1.165) is 43.5 Å². The summed E-state index contributed by atoms with van der Waals surface area (Å²) in [4.78, 5) is 16.9. The summed E-state index contributed by atoms with van der Waals surface area (Å²) in [5.74, 6) is 0.402. The molecule has 1 fully saturated rings. The van der Waals surface area contributed by atoms with Crippen LogP contribution in [0.5, 0.6) is 0 Å². The number of pyridine rings is 1. The molecule has 0 bridgehead atoms. The van der Waals surface area contributed by atoms with Crippen LogP contribution in [0.1, 0.15) is 38.2 Å². The summed E-state index contributed by atoms with van der Waals surface area (Å²) in [5, 5.41) is 20.4. The Kier molecular flexibility index (Phi) is 7.98. The van der Waals surface area contributed by atoms with Crippen molar-refractivity contribution in [1.29, 1.82) is 5.41 Å². The minimum absolute atomic E-state index is 0.225. The second-order valence-corrected chi connectivity index (χ2v) is 7.81. The maximum atomic E-state index is 12.5. The van der Waals surface area contributed by atoms with E-state index < -0.39 is 0 Å². The first-order valence-electron chi connectivity index (χ1n) is 10.5. The number of ether oxygens (including phenoxy) is 1. The van der Waals surface area contributed by atoms with Crippen molar-refractivity contribution in [1.82, 2.24) is 15.6 Å². The average molecular weight is 413 g/mol. The standard InChI is InChI=1S/C22H32N6O2/c1-15-10-18(8-9-24-15)26-19-13-25-21(11-17(19)12-23)28-22(29)27-20(14-30-2)16-6-4-3-5-7-16/h4,6-7,11-13,15,18,20,23-24,26H,3,5,8-10,14H2,1-2H3,(H2,25,27,28,29)/t15?,18?,20-/m1/s1. The molecule has 162 valence electrons. The molecule has 0 spiro atoms. The van der Waals surface area contributed by atoms with Crippen LogP contribution in [-0.2, 0) is 4.74 Å². The Bertz CT molecular complexity index is 807. The molecule has 2 amide bonds. The van der Waals surface area contributed by atoms with Gasteiger partial charge in [0.25, 0.3) is 0 Å². The highest BCUT2D eigenvalue weighted by Gasteiger charge is 2.20. The molecule has 2 unspecified atom stereocenters. The topological polar surface area (TPSA) is 111 Å². The lowest BCUT2D eigenvalue weighted by molar-refractivity contribution is 0.178. The number of nitrogens with zero attached hydrogens (tertiary/aromatic N) is 1. The number of urea groups is 1. The molecular weight excluding hydrogens is 380 g/mol. The van der Waals surface area contributed by atoms with Gasteiger partial charge in [-0.2, -0.15) is 0 Å². The van der Waals surface area contributed by atoms with Crippen molar-refractivity contribution in [3.63, 3.8) is 0 Å². The van der Waals surface area contributed by atoms with Gasteiger partial charge in [-0.25, -0.2) is 9.78 Å². The first-order chi connectivity index (χ1) is 14.6. The lowest BCUT2D eigenvalue weighted by Gasteiger charge is -2.29. The molecule has 1 aromatic heterocycles. The maximum absolute atomic E-state index is 12.5.